The number of fused-ring (bicyclic) bond motifs is 1. The first-order valence-corrected chi connectivity index (χ1v) is 8.48. The molecule has 0 bridgehead atoms. The Kier molecular flexibility index (Phi) is 6.08. The van der Waals surface area contributed by atoms with E-state index in [1.807, 2.05) is 13.0 Å². The van der Waals surface area contributed by atoms with Crippen molar-refractivity contribution in [2.24, 2.45) is 0 Å². The molecule has 2 rings (SSSR count). The molecule has 0 saturated heterocycles. The van der Waals surface area contributed by atoms with E-state index in [4.69, 9.17) is 13.9 Å². The number of ether oxygens (including phenoxy) is 2. The molecular weight excluding hydrogens is 292 g/mol. The third-order valence-electron chi connectivity index (χ3n) is 3.75. The third-order valence-corrected chi connectivity index (χ3v) is 3.75. The van der Waals surface area contributed by atoms with Crippen LogP contribution in [0.1, 0.15) is 51.2 Å². The summed E-state index contributed by atoms with van der Waals surface area (Å²) >= 11 is 0. The molecule has 0 amide bonds. The SMILES string of the molecule is CCCOc1cc(OCCC)c2c(C)c(CCC)c(=O)oc2c1. The number of aryl methyl sites for hydroxylation is 1. The van der Waals surface area contributed by atoms with Crippen molar-refractivity contribution in [3.8, 4) is 11.5 Å². The molecule has 0 saturated carbocycles. The van der Waals surface area contributed by atoms with Crippen molar-refractivity contribution in [2.45, 2.75) is 53.4 Å². The van der Waals surface area contributed by atoms with E-state index in [0.29, 0.717) is 31.0 Å². The number of benzene rings is 1. The topological polar surface area (TPSA) is 48.7 Å². The summed E-state index contributed by atoms with van der Waals surface area (Å²) in [7, 11) is 0. The lowest BCUT2D eigenvalue weighted by molar-refractivity contribution is 0.303. The summed E-state index contributed by atoms with van der Waals surface area (Å²) < 4.78 is 17.2. The van der Waals surface area contributed by atoms with Crippen molar-refractivity contribution in [3.63, 3.8) is 0 Å². The molecule has 0 atom stereocenters. The molecule has 2 aromatic rings. The maximum atomic E-state index is 12.2. The van der Waals surface area contributed by atoms with E-state index in [9.17, 15) is 4.79 Å². The van der Waals surface area contributed by atoms with E-state index in [2.05, 4.69) is 20.8 Å². The molecule has 1 aromatic heterocycles. The zero-order valence-electron chi connectivity index (χ0n) is 14.5. The lowest BCUT2D eigenvalue weighted by Crippen LogP contribution is -2.11. The van der Waals surface area contributed by atoms with Crippen LogP contribution in [0.5, 0.6) is 11.5 Å². The monoisotopic (exact) mass is 318 g/mol. The smallest absolute Gasteiger partial charge is 0.339 e. The molecular formula is C19H26O4. The minimum Gasteiger partial charge on any atom is -0.493 e. The molecule has 0 N–H and O–H groups in total. The van der Waals surface area contributed by atoms with Gasteiger partial charge >= 0.3 is 5.63 Å². The highest BCUT2D eigenvalue weighted by molar-refractivity contribution is 5.89. The van der Waals surface area contributed by atoms with Gasteiger partial charge < -0.3 is 13.9 Å². The molecule has 0 radical (unpaired) electrons. The van der Waals surface area contributed by atoms with Gasteiger partial charge in [0.2, 0.25) is 0 Å². The van der Waals surface area contributed by atoms with Gasteiger partial charge in [-0.15, -0.1) is 0 Å². The summed E-state index contributed by atoms with van der Waals surface area (Å²) in [4.78, 5) is 12.2. The first kappa shape index (κ1) is 17.4. The van der Waals surface area contributed by atoms with Crippen LogP contribution >= 0.6 is 0 Å². The zero-order chi connectivity index (χ0) is 16.8. The van der Waals surface area contributed by atoms with Gasteiger partial charge in [0.05, 0.1) is 18.6 Å². The van der Waals surface area contributed by atoms with Crippen LogP contribution in [-0.4, -0.2) is 13.2 Å². The first-order valence-electron chi connectivity index (χ1n) is 8.48. The molecule has 4 nitrogen and oxygen atoms in total. The highest BCUT2D eigenvalue weighted by atomic mass is 16.5. The lowest BCUT2D eigenvalue weighted by Gasteiger charge is -2.14. The predicted octanol–water partition coefficient (Wildman–Crippen LogP) is 4.63. The molecule has 1 heterocycles. The minimum atomic E-state index is -0.258. The average molecular weight is 318 g/mol. The first-order chi connectivity index (χ1) is 11.1. The zero-order valence-corrected chi connectivity index (χ0v) is 14.5. The van der Waals surface area contributed by atoms with Gasteiger partial charge in [0, 0.05) is 17.7 Å². The van der Waals surface area contributed by atoms with Crippen LogP contribution in [0.25, 0.3) is 11.0 Å². The lowest BCUT2D eigenvalue weighted by atomic mass is 10.0. The van der Waals surface area contributed by atoms with Gasteiger partial charge in [-0.2, -0.15) is 0 Å². The van der Waals surface area contributed by atoms with Gasteiger partial charge in [-0.3, -0.25) is 0 Å². The Bertz CT molecular complexity index is 715. The fourth-order valence-electron chi connectivity index (χ4n) is 2.65. The third kappa shape index (κ3) is 3.87. The van der Waals surface area contributed by atoms with Gasteiger partial charge in [-0.1, -0.05) is 27.2 Å². The Morgan fingerprint density at radius 2 is 1.70 bits per heavy atom. The van der Waals surface area contributed by atoms with Crippen LogP contribution in [0.15, 0.2) is 21.3 Å². The largest absolute Gasteiger partial charge is 0.493 e. The Hall–Kier alpha value is -1.97. The molecule has 126 valence electrons. The predicted molar refractivity (Wildman–Crippen MR) is 92.8 cm³/mol. The van der Waals surface area contributed by atoms with E-state index in [1.54, 1.807) is 6.07 Å². The Balaban J connectivity index is 2.63. The van der Waals surface area contributed by atoms with E-state index in [0.717, 1.165) is 41.5 Å². The van der Waals surface area contributed by atoms with Crippen molar-refractivity contribution < 1.29 is 13.9 Å². The van der Waals surface area contributed by atoms with E-state index in [-0.39, 0.29) is 5.63 Å². The Morgan fingerprint density at radius 3 is 2.35 bits per heavy atom. The second-order valence-electron chi connectivity index (χ2n) is 5.73. The molecule has 0 fully saturated rings. The minimum absolute atomic E-state index is 0.258. The molecule has 23 heavy (non-hydrogen) atoms. The summed E-state index contributed by atoms with van der Waals surface area (Å²) in [6.45, 7) is 9.38. The van der Waals surface area contributed by atoms with Gasteiger partial charge in [0.25, 0.3) is 0 Å². The summed E-state index contributed by atoms with van der Waals surface area (Å²) in [6.07, 6.45) is 3.45. The fraction of sp³-hybridized carbons (Fsp3) is 0.526. The van der Waals surface area contributed by atoms with Crippen molar-refractivity contribution in [1.82, 2.24) is 0 Å². The molecule has 4 heteroatoms. The van der Waals surface area contributed by atoms with Crippen molar-refractivity contribution >= 4 is 11.0 Å². The quantitative estimate of drug-likeness (QED) is 0.666. The van der Waals surface area contributed by atoms with Crippen LogP contribution in [-0.2, 0) is 6.42 Å². The molecule has 0 aliphatic rings. The van der Waals surface area contributed by atoms with Gasteiger partial charge in [0.15, 0.2) is 0 Å². The standard InChI is InChI=1S/C19H26O4/c1-5-8-15-13(4)18-16(22-10-7-3)11-14(21-9-6-2)12-17(18)23-19(15)20/h11-12H,5-10H2,1-4H3. The van der Waals surface area contributed by atoms with Crippen LogP contribution in [0.3, 0.4) is 0 Å². The second kappa shape index (κ2) is 8.04. The van der Waals surface area contributed by atoms with Crippen molar-refractivity contribution in [3.05, 3.63) is 33.7 Å². The highest BCUT2D eigenvalue weighted by Gasteiger charge is 2.16. The van der Waals surface area contributed by atoms with Gasteiger partial charge in [-0.25, -0.2) is 4.79 Å². The molecule has 0 aliphatic carbocycles. The van der Waals surface area contributed by atoms with Crippen molar-refractivity contribution in [2.75, 3.05) is 13.2 Å². The summed E-state index contributed by atoms with van der Waals surface area (Å²) in [5.41, 5.74) is 1.97. The number of hydrogen-bond donors (Lipinski definition) is 0. The summed E-state index contributed by atoms with van der Waals surface area (Å²) in [5.74, 6) is 1.41. The highest BCUT2D eigenvalue weighted by Crippen LogP contribution is 2.34. The van der Waals surface area contributed by atoms with E-state index in [1.165, 1.54) is 0 Å². The maximum Gasteiger partial charge on any atom is 0.339 e. The Morgan fingerprint density at radius 1 is 1.00 bits per heavy atom. The normalized spacial score (nSPS) is 11.0. The second-order valence-corrected chi connectivity index (χ2v) is 5.73. The fourth-order valence-corrected chi connectivity index (χ4v) is 2.65. The van der Waals surface area contributed by atoms with Crippen molar-refractivity contribution in [1.29, 1.82) is 0 Å². The van der Waals surface area contributed by atoms with Gasteiger partial charge in [-0.05, 0) is 31.7 Å². The average Bonchev–Trinajstić information content (AvgIpc) is 2.54. The van der Waals surface area contributed by atoms with E-state index < -0.39 is 0 Å². The summed E-state index contributed by atoms with van der Waals surface area (Å²) in [5, 5.41) is 0.880. The maximum absolute atomic E-state index is 12.2. The van der Waals surface area contributed by atoms with Crippen LogP contribution in [0.2, 0.25) is 0 Å². The van der Waals surface area contributed by atoms with Crippen LogP contribution in [0.4, 0.5) is 0 Å². The van der Waals surface area contributed by atoms with E-state index >= 15 is 0 Å². The summed E-state index contributed by atoms with van der Waals surface area (Å²) in [6, 6.07) is 3.68. The molecule has 0 unspecified atom stereocenters. The molecule has 0 aliphatic heterocycles. The Labute approximate surface area is 137 Å². The van der Waals surface area contributed by atoms with Crippen LogP contribution < -0.4 is 15.1 Å². The van der Waals surface area contributed by atoms with Crippen LogP contribution in [0, 0.1) is 6.92 Å². The molecule has 1 aromatic carbocycles. The number of hydrogen-bond acceptors (Lipinski definition) is 4. The molecule has 0 spiro atoms. The van der Waals surface area contributed by atoms with Gasteiger partial charge in [0.1, 0.15) is 17.1 Å². The number of rotatable bonds is 8.